The number of aromatic nitrogens is 1. The number of anilines is 1. The molecule has 0 unspecified atom stereocenters. The van der Waals surface area contributed by atoms with E-state index in [9.17, 15) is 4.79 Å². The van der Waals surface area contributed by atoms with E-state index < -0.39 is 5.97 Å². The lowest BCUT2D eigenvalue weighted by atomic mass is 9.87. The molecule has 1 aromatic heterocycles. The summed E-state index contributed by atoms with van der Waals surface area (Å²) in [7, 11) is 0. The van der Waals surface area contributed by atoms with Crippen molar-refractivity contribution in [1.82, 2.24) is 4.98 Å². The summed E-state index contributed by atoms with van der Waals surface area (Å²) < 4.78 is 0. The second-order valence-corrected chi connectivity index (χ2v) is 6.01. The minimum absolute atomic E-state index is 0.0452. The van der Waals surface area contributed by atoms with Gasteiger partial charge in [-0.3, -0.25) is 0 Å². The van der Waals surface area contributed by atoms with Crippen molar-refractivity contribution in [2.75, 3.05) is 5.32 Å². The molecule has 1 heterocycles. The Hall–Kier alpha value is -2.36. The topological polar surface area (TPSA) is 62.2 Å². The van der Waals surface area contributed by atoms with Gasteiger partial charge < -0.3 is 10.4 Å². The van der Waals surface area contributed by atoms with E-state index in [1.807, 2.05) is 0 Å². The Balaban J connectivity index is 2.09. The number of aromatic carboxylic acids is 1. The summed E-state index contributed by atoms with van der Waals surface area (Å²) in [5.41, 5.74) is 3.09. The smallest absolute Gasteiger partial charge is 0.356 e. The van der Waals surface area contributed by atoms with Crippen molar-refractivity contribution in [1.29, 1.82) is 0 Å². The normalized spacial score (nSPS) is 11.2. The van der Waals surface area contributed by atoms with Crippen LogP contribution in [0.5, 0.6) is 0 Å². The molecule has 0 spiro atoms. The minimum atomic E-state index is -1.03. The van der Waals surface area contributed by atoms with Gasteiger partial charge in [0.1, 0.15) is 0 Å². The summed E-state index contributed by atoms with van der Waals surface area (Å²) in [6.07, 6.45) is 1.48. The molecule has 2 aromatic rings. The second-order valence-electron chi connectivity index (χ2n) is 6.01. The number of pyridine rings is 1. The number of nitrogens with zero attached hydrogens (tertiary/aromatic N) is 1. The standard InChI is InChI=1S/C17H20N2O2/c1-17(2,3)13-8-6-12(7-9-13)11-19-14-5-4-10-18-15(14)16(20)21/h4-10,19H,11H2,1-3H3,(H,20,21). The van der Waals surface area contributed by atoms with E-state index >= 15 is 0 Å². The molecule has 2 N–H and O–H groups in total. The van der Waals surface area contributed by atoms with Crippen molar-refractivity contribution < 1.29 is 9.90 Å². The van der Waals surface area contributed by atoms with Crippen LogP contribution in [-0.2, 0) is 12.0 Å². The number of nitrogens with one attached hydrogen (secondary N) is 1. The van der Waals surface area contributed by atoms with E-state index in [0.717, 1.165) is 5.56 Å². The number of carbonyl (C=O) groups is 1. The van der Waals surface area contributed by atoms with Crippen LogP contribution in [0.4, 0.5) is 5.69 Å². The van der Waals surface area contributed by atoms with E-state index in [-0.39, 0.29) is 11.1 Å². The first-order chi connectivity index (χ1) is 9.88. The molecule has 0 saturated carbocycles. The first-order valence-electron chi connectivity index (χ1n) is 6.89. The average molecular weight is 284 g/mol. The maximum absolute atomic E-state index is 11.1. The Morgan fingerprint density at radius 2 is 1.86 bits per heavy atom. The lowest BCUT2D eigenvalue weighted by Crippen LogP contribution is -2.11. The fourth-order valence-electron chi connectivity index (χ4n) is 2.04. The fourth-order valence-corrected chi connectivity index (χ4v) is 2.04. The third-order valence-corrected chi connectivity index (χ3v) is 3.31. The first-order valence-corrected chi connectivity index (χ1v) is 6.89. The SMILES string of the molecule is CC(C)(C)c1ccc(CNc2cccnc2C(=O)O)cc1. The largest absolute Gasteiger partial charge is 0.476 e. The molecule has 4 heteroatoms. The summed E-state index contributed by atoms with van der Waals surface area (Å²) in [4.78, 5) is 15.0. The van der Waals surface area contributed by atoms with Crippen LogP contribution in [0.25, 0.3) is 0 Å². The van der Waals surface area contributed by atoms with Gasteiger partial charge in [0, 0.05) is 12.7 Å². The minimum Gasteiger partial charge on any atom is -0.476 e. The summed E-state index contributed by atoms with van der Waals surface area (Å²) >= 11 is 0. The van der Waals surface area contributed by atoms with Crippen LogP contribution in [-0.4, -0.2) is 16.1 Å². The van der Waals surface area contributed by atoms with Gasteiger partial charge >= 0.3 is 5.97 Å². The van der Waals surface area contributed by atoms with Crippen molar-refractivity contribution in [2.45, 2.75) is 32.7 Å². The highest BCUT2D eigenvalue weighted by Gasteiger charge is 2.13. The zero-order valence-corrected chi connectivity index (χ0v) is 12.6. The molecule has 21 heavy (non-hydrogen) atoms. The van der Waals surface area contributed by atoms with E-state index in [2.05, 4.69) is 55.3 Å². The van der Waals surface area contributed by atoms with Crippen LogP contribution in [0, 0.1) is 0 Å². The lowest BCUT2D eigenvalue weighted by molar-refractivity contribution is 0.0691. The number of benzene rings is 1. The fraction of sp³-hybridized carbons (Fsp3) is 0.294. The van der Waals surface area contributed by atoms with Gasteiger partial charge in [0.2, 0.25) is 0 Å². The van der Waals surface area contributed by atoms with Crippen molar-refractivity contribution in [3.05, 3.63) is 59.4 Å². The van der Waals surface area contributed by atoms with Crippen LogP contribution in [0.15, 0.2) is 42.6 Å². The molecular weight excluding hydrogens is 264 g/mol. The molecule has 1 aromatic carbocycles. The molecule has 0 bridgehead atoms. The monoisotopic (exact) mass is 284 g/mol. The van der Waals surface area contributed by atoms with Crippen LogP contribution in [0.3, 0.4) is 0 Å². The summed E-state index contributed by atoms with van der Waals surface area (Å²) in [5, 5.41) is 12.2. The van der Waals surface area contributed by atoms with Crippen molar-refractivity contribution >= 4 is 11.7 Å². The quantitative estimate of drug-likeness (QED) is 0.899. The van der Waals surface area contributed by atoms with Gasteiger partial charge in [-0.15, -0.1) is 0 Å². The average Bonchev–Trinajstić information content (AvgIpc) is 2.45. The first kappa shape index (κ1) is 15.0. The Morgan fingerprint density at radius 3 is 2.43 bits per heavy atom. The van der Waals surface area contributed by atoms with Crippen LogP contribution < -0.4 is 5.32 Å². The number of rotatable bonds is 4. The molecule has 4 nitrogen and oxygen atoms in total. The van der Waals surface area contributed by atoms with Crippen LogP contribution in [0.2, 0.25) is 0 Å². The number of hydrogen-bond acceptors (Lipinski definition) is 3. The van der Waals surface area contributed by atoms with Gasteiger partial charge in [-0.2, -0.15) is 0 Å². The van der Waals surface area contributed by atoms with Crippen LogP contribution in [0.1, 0.15) is 42.4 Å². The molecule has 110 valence electrons. The van der Waals surface area contributed by atoms with Gasteiger partial charge in [-0.1, -0.05) is 45.0 Å². The highest BCUT2D eigenvalue weighted by molar-refractivity contribution is 5.91. The molecule has 2 rings (SSSR count). The van der Waals surface area contributed by atoms with Crippen molar-refractivity contribution in [3.63, 3.8) is 0 Å². The zero-order valence-electron chi connectivity index (χ0n) is 12.6. The van der Waals surface area contributed by atoms with E-state index in [1.54, 1.807) is 12.1 Å². The Kier molecular flexibility index (Phi) is 4.26. The number of carboxylic acids is 1. The molecule has 0 fully saturated rings. The van der Waals surface area contributed by atoms with Crippen molar-refractivity contribution in [3.8, 4) is 0 Å². The predicted octanol–water partition coefficient (Wildman–Crippen LogP) is 3.69. The third kappa shape index (κ3) is 3.81. The Morgan fingerprint density at radius 1 is 1.19 bits per heavy atom. The predicted molar refractivity (Wildman–Crippen MR) is 83.7 cm³/mol. The Bertz CT molecular complexity index is 628. The van der Waals surface area contributed by atoms with Crippen LogP contribution >= 0.6 is 0 Å². The number of hydrogen-bond donors (Lipinski definition) is 2. The van der Waals surface area contributed by atoms with Gasteiger partial charge in [0.15, 0.2) is 5.69 Å². The van der Waals surface area contributed by atoms with E-state index in [0.29, 0.717) is 12.2 Å². The summed E-state index contributed by atoms with van der Waals surface area (Å²) in [6, 6.07) is 11.8. The number of carboxylic acid groups (broad SMARTS) is 1. The van der Waals surface area contributed by atoms with Gasteiger partial charge in [0.05, 0.1) is 5.69 Å². The molecule has 0 amide bonds. The maximum atomic E-state index is 11.1. The van der Waals surface area contributed by atoms with Gasteiger partial charge in [0.25, 0.3) is 0 Å². The lowest BCUT2D eigenvalue weighted by Gasteiger charge is -2.19. The molecule has 0 atom stereocenters. The van der Waals surface area contributed by atoms with E-state index in [4.69, 9.17) is 5.11 Å². The molecular formula is C17H20N2O2. The second kappa shape index (κ2) is 5.95. The highest BCUT2D eigenvalue weighted by atomic mass is 16.4. The summed E-state index contributed by atoms with van der Waals surface area (Å²) in [6.45, 7) is 7.09. The summed E-state index contributed by atoms with van der Waals surface area (Å²) in [5.74, 6) is -1.03. The molecule has 0 radical (unpaired) electrons. The highest BCUT2D eigenvalue weighted by Crippen LogP contribution is 2.22. The molecule has 0 aliphatic carbocycles. The Labute approximate surface area is 124 Å². The molecule has 0 aliphatic rings. The van der Waals surface area contributed by atoms with Gasteiger partial charge in [-0.25, -0.2) is 9.78 Å². The van der Waals surface area contributed by atoms with E-state index in [1.165, 1.54) is 11.8 Å². The zero-order chi connectivity index (χ0) is 15.5. The molecule has 0 saturated heterocycles. The van der Waals surface area contributed by atoms with Gasteiger partial charge in [-0.05, 0) is 28.7 Å². The third-order valence-electron chi connectivity index (χ3n) is 3.31. The maximum Gasteiger partial charge on any atom is 0.356 e. The molecule has 0 aliphatic heterocycles. The van der Waals surface area contributed by atoms with Crippen molar-refractivity contribution in [2.24, 2.45) is 0 Å².